The molecular formula is C11H14S2. The van der Waals surface area contributed by atoms with E-state index < -0.39 is 0 Å². The van der Waals surface area contributed by atoms with Crippen LogP contribution in [0.4, 0.5) is 0 Å². The van der Waals surface area contributed by atoms with Crippen LogP contribution < -0.4 is 0 Å². The molecule has 0 nitrogen and oxygen atoms in total. The molecule has 1 heterocycles. The lowest BCUT2D eigenvalue weighted by molar-refractivity contribution is 1.14. The Balaban J connectivity index is 0.000000145. The quantitative estimate of drug-likeness (QED) is 0.683. The van der Waals surface area contributed by atoms with E-state index in [0.29, 0.717) is 0 Å². The minimum Gasteiger partial charge on any atom is -0.122 e. The summed E-state index contributed by atoms with van der Waals surface area (Å²) >= 11 is 3.71. The first-order chi connectivity index (χ1) is 6.43. The van der Waals surface area contributed by atoms with Gasteiger partial charge in [0.2, 0.25) is 0 Å². The van der Waals surface area contributed by atoms with Gasteiger partial charge in [-0.1, -0.05) is 37.3 Å². The van der Waals surface area contributed by atoms with Crippen LogP contribution in [0.25, 0.3) is 0 Å². The minimum absolute atomic E-state index is 1.14. The van der Waals surface area contributed by atoms with E-state index in [0.717, 1.165) is 6.42 Å². The Bertz CT molecular complexity index is 236. The van der Waals surface area contributed by atoms with Crippen molar-refractivity contribution in [2.24, 2.45) is 0 Å². The molecule has 0 aliphatic carbocycles. The van der Waals surface area contributed by atoms with Crippen molar-refractivity contribution in [3.8, 4) is 0 Å². The lowest BCUT2D eigenvalue weighted by Crippen LogP contribution is -1.73. The van der Waals surface area contributed by atoms with Crippen LogP contribution in [0, 0.1) is 0 Å². The van der Waals surface area contributed by atoms with E-state index in [1.165, 1.54) is 10.6 Å². The summed E-state index contributed by atoms with van der Waals surface area (Å²) < 4.78 is 0. The van der Waals surface area contributed by atoms with Crippen LogP contribution >= 0.6 is 23.5 Å². The van der Waals surface area contributed by atoms with Gasteiger partial charge in [0.15, 0.2) is 0 Å². The molecule has 0 radical (unpaired) electrons. The second-order valence-corrected chi connectivity index (χ2v) is 4.72. The molecule has 0 aromatic heterocycles. The maximum atomic E-state index is 2.16. The van der Waals surface area contributed by atoms with Gasteiger partial charge in [0.05, 0.1) is 0 Å². The van der Waals surface area contributed by atoms with Crippen molar-refractivity contribution in [3.63, 3.8) is 0 Å². The SMILES string of the molecule is C1=CSCS1.CCc1ccccc1. The van der Waals surface area contributed by atoms with E-state index in [-0.39, 0.29) is 0 Å². The van der Waals surface area contributed by atoms with Gasteiger partial charge in [-0.15, -0.1) is 23.5 Å². The zero-order chi connectivity index (χ0) is 9.36. The highest BCUT2D eigenvalue weighted by Gasteiger charge is 1.85. The van der Waals surface area contributed by atoms with Gasteiger partial charge in [0, 0.05) is 5.08 Å². The standard InChI is InChI=1S/C8H10.C3H4S2/c1-2-8-6-4-3-5-7-8;1-2-5-3-4-1/h3-7H,2H2,1H3;1-2H,3H2. The first-order valence-electron chi connectivity index (χ1n) is 4.35. The van der Waals surface area contributed by atoms with Gasteiger partial charge in [-0.2, -0.15) is 0 Å². The van der Waals surface area contributed by atoms with Gasteiger partial charge in [-0.25, -0.2) is 0 Å². The Hall–Kier alpha value is -0.340. The molecule has 1 aliphatic heterocycles. The number of hydrogen-bond acceptors (Lipinski definition) is 2. The van der Waals surface area contributed by atoms with Crippen LogP contribution in [-0.2, 0) is 6.42 Å². The minimum atomic E-state index is 1.14. The highest BCUT2D eigenvalue weighted by molar-refractivity contribution is 8.21. The van der Waals surface area contributed by atoms with Crippen molar-refractivity contribution in [2.75, 3.05) is 5.08 Å². The Labute approximate surface area is 88.8 Å². The first-order valence-corrected chi connectivity index (χ1v) is 6.45. The molecule has 0 unspecified atom stereocenters. The van der Waals surface area contributed by atoms with Crippen LogP contribution in [0.5, 0.6) is 0 Å². The molecule has 0 spiro atoms. The maximum absolute atomic E-state index is 2.16. The fraction of sp³-hybridized carbons (Fsp3) is 0.273. The molecule has 1 aromatic rings. The lowest BCUT2D eigenvalue weighted by atomic mass is 10.2. The second kappa shape index (κ2) is 7.10. The monoisotopic (exact) mass is 210 g/mol. The van der Waals surface area contributed by atoms with E-state index in [1.807, 2.05) is 29.6 Å². The predicted octanol–water partition coefficient (Wildman–Crippen LogP) is 4.14. The smallest absolute Gasteiger partial charge is 0.0475 e. The van der Waals surface area contributed by atoms with E-state index in [2.05, 4.69) is 42.0 Å². The Morgan fingerprint density at radius 2 is 1.69 bits per heavy atom. The summed E-state index contributed by atoms with van der Waals surface area (Å²) in [7, 11) is 0. The zero-order valence-electron chi connectivity index (χ0n) is 7.77. The molecule has 0 saturated heterocycles. The van der Waals surface area contributed by atoms with Gasteiger partial charge >= 0.3 is 0 Å². The summed E-state index contributed by atoms with van der Waals surface area (Å²) in [6.45, 7) is 2.16. The summed E-state index contributed by atoms with van der Waals surface area (Å²) in [4.78, 5) is 0. The van der Waals surface area contributed by atoms with E-state index in [1.54, 1.807) is 0 Å². The summed E-state index contributed by atoms with van der Waals surface area (Å²) in [5, 5.41) is 5.45. The van der Waals surface area contributed by atoms with Crippen LogP contribution in [0.15, 0.2) is 41.1 Å². The fourth-order valence-electron chi connectivity index (χ4n) is 0.910. The Morgan fingerprint density at radius 1 is 1.08 bits per heavy atom. The number of rotatable bonds is 1. The third-order valence-electron chi connectivity index (χ3n) is 1.64. The number of thioether (sulfide) groups is 2. The molecule has 2 rings (SSSR count). The lowest BCUT2D eigenvalue weighted by Gasteiger charge is -1.89. The zero-order valence-corrected chi connectivity index (χ0v) is 9.41. The van der Waals surface area contributed by atoms with Gasteiger partial charge in [0.25, 0.3) is 0 Å². The van der Waals surface area contributed by atoms with E-state index >= 15 is 0 Å². The van der Waals surface area contributed by atoms with Crippen molar-refractivity contribution in [1.82, 2.24) is 0 Å². The highest BCUT2D eigenvalue weighted by atomic mass is 32.2. The van der Waals surface area contributed by atoms with Gasteiger partial charge in [-0.3, -0.25) is 0 Å². The summed E-state index contributed by atoms with van der Waals surface area (Å²) in [6, 6.07) is 10.5. The highest BCUT2D eigenvalue weighted by Crippen LogP contribution is 2.22. The summed E-state index contributed by atoms with van der Waals surface area (Å²) in [5.74, 6) is 0. The van der Waals surface area contributed by atoms with E-state index in [9.17, 15) is 0 Å². The molecular weight excluding hydrogens is 196 g/mol. The van der Waals surface area contributed by atoms with Gasteiger partial charge in [-0.05, 0) is 22.8 Å². The number of aryl methyl sites for hydroxylation is 1. The van der Waals surface area contributed by atoms with Crippen LogP contribution in [0.3, 0.4) is 0 Å². The molecule has 70 valence electrons. The number of benzene rings is 1. The maximum Gasteiger partial charge on any atom is 0.0475 e. The van der Waals surface area contributed by atoms with Crippen molar-refractivity contribution in [2.45, 2.75) is 13.3 Å². The molecule has 0 amide bonds. The third-order valence-corrected chi connectivity index (χ3v) is 3.55. The molecule has 2 heteroatoms. The summed E-state index contributed by atoms with van der Waals surface area (Å²) in [5.41, 5.74) is 1.41. The number of hydrogen-bond donors (Lipinski definition) is 0. The molecule has 1 aliphatic rings. The van der Waals surface area contributed by atoms with Crippen LogP contribution in [0.1, 0.15) is 12.5 Å². The van der Waals surface area contributed by atoms with Crippen molar-refractivity contribution >= 4 is 23.5 Å². The normalized spacial score (nSPS) is 13.6. The summed E-state index contributed by atoms with van der Waals surface area (Å²) in [6.07, 6.45) is 1.14. The molecule has 0 atom stereocenters. The molecule has 0 bridgehead atoms. The Kier molecular flexibility index (Phi) is 5.87. The van der Waals surface area contributed by atoms with Crippen molar-refractivity contribution in [1.29, 1.82) is 0 Å². The molecule has 13 heavy (non-hydrogen) atoms. The Morgan fingerprint density at radius 3 is 2.00 bits per heavy atom. The molecule has 0 fully saturated rings. The van der Waals surface area contributed by atoms with Gasteiger partial charge < -0.3 is 0 Å². The van der Waals surface area contributed by atoms with Gasteiger partial charge in [0.1, 0.15) is 0 Å². The molecule has 1 aromatic carbocycles. The average Bonchev–Trinajstić information content (AvgIpc) is 2.77. The fourth-order valence-corrected chi connectivity index (χ4v) is 2.48. The second-order valence-electron chi connectivity index (χ2n) is 2.56. The van der Waals surface area contributed by atoms with Crippen LogP contribution in [0.2, 0.25) is 0 Å². The van der Waals surface area contributed by atoms with E-state index in [4.69, 9.17) is 0 Å². The molecule has 0 saturated carbocycles. The first kappa shape index (κ1) is 10.7. The van der Waals surface area contributed by atoms with Crippen molar-refractivity contribution in [3.05, 3.63) is 46.7 Å². The molecule has 0 N–H and O–H groups in total. The predicted molar refractivity (Wildman–Crippen MR) is 65.0 cm³/mol. The average molecular weight is 210 g/mol. The van der Waals surface area contributed by atoms with Crippen LogP contribution in [-0.4, -0.2) is 5.08 Å². The largest absolute Gasteiger partial charge is 0.122 e. The topological polar surface area (TPSA) is 0 Å². The van der Waals surface area contributed by atoms with Crippen molar-refractivity contribution < 1.29 is 0 Å². The third kappa shape index (κ3) is 5.06.